The van der Waals surface area contributed by atoms with E-state index in [0.717, 1.165) is 10.7 Å². The van der Waals surface area contributed by atoms with E-state index >= 15 is 0 Å². The summed E-state index contributed by atoms with van der Waals surface area (Å²) >= 11 is 7.70. The molecule has 0 amide bonds. The van der Waals surface area contributed by atoms with Crippen molar-refractivity contribution >= 4 is 23.4 Å². The molecule has 0 spiro atoms. The average molecular weight is 450 g/mol. The molecule has 7 nitrogen and oxygen atoms in total. The Morgan fingerprint density at radius 3 is 2.52 bits per heavy atom. The van der Waals surface area contributed by atoms with Crippen LogP contribution in [0.1, 0.15) is 11.5 Å². The van der Waals surface area contributed by atoms with E-state index in [1.165, 1.54) is 11.8 Å². The maximum atomic E-state index is 6.23. The molecule has 2 aromatic carbocycles. The van der Waals surface area contributed by atoms with Gasteiger partial charge in [-0.15, -0.1) is 20.4 Å². The van der Waals surface area contributed by atoms with Crippen molar-refractivity contribution in [1.29, 1.82) is 0 Å². The Morgan fingerprint density at radius 1 is 0.871 bits per heavy atom. The summed E-state index contributed by atoms with van der Waals surface area (Å²) in [7, 11) is 0. The van der Waals surface area contributed by atoms with Gasteiger partial charge in [-0.25, -0.2) is 0 Å². The van der Waals surface area contributed by atoms with Gasteiger partial charge in [0.15, 0.2) is 10.9 Å². The van der Waals surface area contributed by atoms with Crippen molar-refractivity contribution in [1.82, 2.24) is 25.0 Å². The van der Waals surface area contributed by atoms with Crippen LogP contribution in [0.3, 0.4) is 0 Å². The summed E-state index contributed by atoms with van der Waals surface area (Å²) in [5.41, 5.74) is 1.84. The first-order valence-electron chi connectivity index (χ1n) is 9.49. The standard InChI is InChI=1S/C22H16ClN5O2S/c23-17-10-5-4-9-16(17)21-26-24-19(30-21)14-31-22-27-25-20(18-11-6-12-29-18)28(22)13-15-7-2-1-3-8-15/h1-12H,13-14H2. The third-order valence-electron chi connectivity index (χ3n) is 4.54. The zero-order chi connectivity index (χ0) is 21.0. The predicted octanol–water partition coefficient (Wildman–Crippen LogP) is 5.58. The van der Waals surface area contributed by atoms with E-state index in [4.69, 9.17) is 20.4 Å². The van der Waals surface area contributed by atoms with Crippen molar-refractivity contribution in [3.63, 3.8) is 0 Å². The minimum Gasteiger partial charge on any atom is -0.461 e. The molecule has 3 heterocycles. The Kier molecular flexibility index (Phi) is 5.56. The second-order valence-electron chi connectivity index (χ2n) is 6.62. The second-order valence-corrected chi connectivity index (χ2v) is 7.97. The van der Waals surface area contributed by atoms with E-state index in [1.807, 2.05) is 53.1 Å². The van der Waals surface area contributed by atoms with Gasteiger partial charge in [0.2, 0.25) is 17.6 Å². The number of hydrogen-bond donors (Lipinski definition) is 0. The Hall–Kier alpha value is -3.36. The molecule has 31 heavy (non-hydrogen) atoms. The van der Waals surface area contributed by atoms with E-state index in [0.29, 0.717) is 46.2 Å². The third kappa shape index (κ3) is 4.26. The summed E-state index contributed by atoms with van der Waals surface area (Å²) in [6, 6.07) is 21.2. The van der Waals surface area contributed by atoms with Crippen LogP contribution in [-0.2, 0) is 12.3 Å². The summed E-state index contributed by atoms with van der Waals surface area (Å²) in [5, 5.41) is 18.3. The predicted molar refractivity (Wildman–Crippen MR) is 118 cm³/mol. The van der Waals surface area contributed by atoms with Gasteiger partial charge in [0.05, 0.1) is 29.1 Å². The highest BCUT2D eigenvalue weighted by Gasteiger charge is 2.18. The van der Waals surface area contributed by atoms with Gasteiger partial charge in [-0.05, 0) is 29.8 Å². The quantitative estimate of drug-likeness (QED) is 0.300. The molecule has 0 aliphatic heterocycles. The van der Waals surface area contributed by atoms with Crippen LogP contribution in [0.5, 0.6) is 0 Å². The lowest BCUT2D eigenvalue weighted by Crippen LogP contribution is -2.04. The summed E-state index contributed by atoms with van der Waals surface area (Å²) in [6.07, 6.45) is 1.62. The highest BCUT2D eigenvalue weighted by Crippen LogP contribution is 2.30. The second kappa shape index (κ2) is 8.79. The van der Waals surface area contributed by atoms with Gasteiger partial charge < -0.3 is 8.83 Å². The zero-order valence-corrected chi connectivity index (χ0v) is 17.8. The molecule has 0 aliphatic rings. The highest BCUT2D eigenvalue weighted by molar-refractivity contribution is 7.98. The molecule has 0 saturated heterocycles. The lowest BCUT2D eigenvalue weighted by Gasteiger charge is -2.08. The SMILES string of the molecule is Clc1ccccc1-c1nnc(CSc2nnc(-c3ccco3)n2Cc2ccccc2)o1. The fraction of sp³-hybridized carbons (Fsp3) is 0.0909. The Labute approximate surface area is 187 Å². The molecular weight excluding hydrogens is 434 g/mol. The van der Waals surface area contributed by atoms with Crippen LogP contribution in [-0.4, -0.2) is 25.0 Å². The Morgan fingerprint density at radius 2 is 1.71 bits per heavy atom. The number of rotatable bonds is 7. The number of hydrogen-bond acceptors (Lipinski definition) is 7. The monoisotopic (exact) mass is 449 g/mol. The molecule has 5 rings (SSSR count). The first-order chi connectivity index (χ1) is 15.3. The Balaban J connectivity index is 1.39. The van der Waals surface area contributed by atoms with Crippen molar-refractivity contribution in [2.24, 2.45) is 0 Å². The van der Waals surface area contributed by atoms with E-state index in [2.05, 4.69) is 32.5 Å². The normalized spacial score (nSPS) is 11.1. The maximum Gasteiger partial charge on any atom is 0.249 e. The van der Waals surface area contributed by atoms with Gasteiger partial charge in [-0.3, -0.25) is 4.57 Å². The van der Waals surface area contributed by atoms with E-state index in [1.54, 1.807) is 12.3 Å². The van der Waals surface area contributed by atoms with Gasteiger partial charge in [-0.2, -0.15) is 0 Å². The van der Waals surface area contributed by atoms with Crippen LogP contribution in [0, 0.1) is 0 Å². The fourth-order valence-corrected chi connectivity index (χ4v) is 4.07. The third-order valence-corrected chi connectivity index (χ3v) is 5.82. The summed E-state index contributed by atoms with van der Waals surface area (Å²) < 4.78 is 13.4. The largest absolute Gasteiger partial charge is 0.461 e. The molecule has 9 heteroatoms. The topological polar surface area (TPSA) is 82.8 Å². The van der Waals surface area contributed by atoms with Gasteiger partial charge in [0.25, 0.3) is 0 Å². The first-order valence-corrected chi connectivity index (χ1v) is 10.9. The molecule has 0 saturated carbocycles. The zero-order valence-electron chi connectivity index (χ0n) is 16.2. The van der Waals surface area contributed by atoms with Crippen molar-refractivity contribution < 1.29 is 8.83 Å². The maximum absolute atomic E-state index is 6.23. The summed E-state index contributed by atoms with van der Waals surface area (Å²) in [4.78, 5) is 0. The van der Waals surface area contributed by atoms with Crippen molar-refractivity contribution in [2.75, 3.05) is 0 Å². The molecule has 0 aliphatic carbocycles. The van der Waals surface area contributed by atoms with E-state index < -0.39 is 0 Å². The van der Waals surface area contributed by atoms with E-state index in [9.17, 15) is 0 Å². The van der Waals surface area contributed by atoms with Gasteiger partial charge >= 0.3 is 0 Å². The number of halogens is 1. The number of aromatic nitrogens is 5. The summed E-state index contributed by atoms with van der Waals surface area (Å²) in [5.74, 6) is 2.65. The molecule has 0 radical (unpaired) electrons. The first kappa shape index (κ1) is 19.6. The molecule has 5 aromatic rings. The lowest BCUT2D eigenvalue weighted by molar-refractivity contribution is 0.528. The number of thioether (sulfide) groups is 1. The van der Waals surface area contributed by atoms with Gasteiger partial charge in [0.1, 0.15) is 0 Å². The Bertz CT molecular complexity index is 1280. The molecule has 0 fully saturated rings. The molecule has 0 unspecified atom stereocenters. The minimum absolute atomic E-state index is 0.392. The van der Waals surface area contributed by atoms with Crippen molar-refractivity contribution in [2.45, 2.75) is 17.5 Å². The van der Waals surface area contributed by atoms with Crippen LogP contribution in [0.2, 0.25) is 5.02 Å². The highest BCUT2D eigenvalue weighted by atomic mass is 35.5. The average Bonchev–Trinajstić information content (AvgIpc) is 3.55. The number of benzene rings is 2. The fourth-order valence-electron chi connectivity index (χ4n) is 3.07. The number of furan rings is 1. The summed E-state index contributed by atoms with van der Waals surface area (Å²) in [6.45, 7) is 0.612. The molecule has 3 aromatic heterocycles. The van der Waals surface area contributed by atoms with Crippen LogP contribution >= 0.6 is 23.4 Å². The molecular formula is C22H16ClN5O2S. The van der Waals surface area contributed by atoms with Crippen LogP contribution < -0.4 is 0 Å². The molecule has 0 atom stereocenters. The van der Waals surface area contributed by atoms with Crippen LogP contribution in [0.25, 0.3) is 23.0 Å². The van der Waals surface area contributed by atoms with Gasteiger partial charge in [-0.1, -0.05) is 65.8 Å². The van der Waals surface area contributed by atoms with Crippen LogP contribution in [0.4, 0.5) is 0 Å². The lowest BCUT2D eigenvalue weighted by atomic mass is 10.2. The molecule has 154 valence electrons. The van der Waals surface area contributed by atoms with Crippen LogP contribution in [0.15, 0.2) is 87.0 Å². The van der Waals surface area contributed by atoms with Crippen molar-refractivity contribution in [3.8, 4) is 23.0 Å². The minimum atomic E-state index is 0.392. The number of nitrogens with zero attached hydrogens (tertiary/aromatic N) is 5. The molecule has 0 bridgehead atoms. The smallest absolute Gasteiger partial charge is 0.249 e. The van der Waals surface area contributed by atoms with E-state index in [-0.39, 0.29) is 0 Å². The van der Waals surface area contributed by atoms with Gasteiger partial charge in [0, 0.05) is 0 Å². The van der Waals surface area contributed by atoms with Crippen molar-refractivity contribution in [3.05, 3.63) is 89.5 Å². The molecule has 0 N–H and O–H groups in total.